The summed E-state index contributed by atoms with van der Waals surface area (Å²) in [5, 5.41) is 3.63. The van der Waals surface area contributed by atoms with E-state index in [1.165, 1.54) is 18.9 Å². The first-order chi connectivity index (χ1) is 16.8. The monoisotopic (exact) mass is 511 g/mol. The Labute approximate surface area is 212 Å². The lowest BCUT2D eigenvalue weighted by Gasteiger charge is -2.32. The smallest absolute Gasteiger partial charge is 0.263 e. The Kier molecular flexibility index (Phi) is 8.05. The van der Waals surface area contributed by atoms with Gasteiger partial charge in [0.15, 0.2) is 0 Å². The van der Waals surface area contributed by atoms with E-state index in [1.807, 2.05) is 24.3 Å². The molecule has 0 atom stereocenters. The summed E-state index contributed by atoms with van der Waals surface area (Å²) in [6.45, 7) is 0. The van der Waals surface area contributed by atoms with Crippen LogP contribution in [-0.4, -0.2) is 49.5 Å². The number of nitrogens with one attached hydrogen (secondary N) is 2. The third-order valence-corrected chi connectivity index (χ3v) is 8.07. The highest BCUT2D eigenvalue weighted by Crippen LogP contribution is 2.25. The Morgan fingerprint density at radius 3 is 2.17 bits per heavy atom. The van der Waals surface area contributed by atoms with Gasteiger partial charge in [-0.1, -0.05) is 48.0 Å². The largest absolute Gasteiger partial charge is 0.351 e. The van der Waals surface area contributed by atoms with E-state index in [0.29, 0.717) is 23.7 Å². The molecule has 2 N–H and O–H groups in total. The first-order valence-electron chi connectivity index (χ1n) is 11.6. The predicted octanol–water partition coefficient (Wildman–Crippen LogP) is 5.39. The van der Waals surface area contributed by atoms with Crippen molar-refractivity contribution in [2.45, 2.75) is 42.7 Å². The molecule has 1 aromatic heterocycles. The van der Waals surface area contributed by atoms with Gasteiger partial charge in [-0.3, -0.25) is 4.72 Å². The van der Waals surface area contributed by atoms with Gasteiger partial charge in [0.25, 0.3) is 10.0 Å². The molecule has 4 rings (SSSR count). The Morgan fingerprint density at radius 2 is 1.54 bits per heavy atom. The molecule has 0 amide bonds. The molecule has 1 aliphatic carbocycles. The van der Waals surface area contributed by atoms with Crippen LogP contribution in [0, 0.1) is 0 Å². The number of hydrogen-bond acceptors (Lipinski definition) is 6. The van der Waals surface area contributed by atoms with E-state index in [-0.39, 0.29) is 9.92 Å². The number of nitrogens with zero attached hydrogens (tertiary/aromatic N) is 3. The van der Waals surface area contributed by atoms with Gasteiger partial charge in [0.2, 0.25) is 5.95 Å². The molecule has 0 radical (unpaired) electrons. The standard InChI is InChI=1S/C26H30ClN5O2S/c1-32(2)23-15-13-21(14-16-23)30-26-28-17-20(18-29-26)8-7-19-9-11-22(12-10-19)31-35(33,34)25-6-4-3-5-24(25)27/h3-12,17-18,21,23,31H,13-16H2,1-2H3,(H,28,29,30)/b8-7+/t21-,23-. The van der Waals surface area contributed by atoms with Crippen LogP contribution in [0.25, 0.3) is 12.2 Å². The summed E-state index contributed by atoms with van der Waals surface area (Å²) in [6.07, 6.45) is 12.1. The van der Waals surface area contributed by atoms with E-state index in [9.17, 15) is 8.42 Å². The molecule has 0 bridgehead atoms. The van der Waals surface area contributed by atoms with Crippen molar-refractivity contribution in [3.05, 3.63) is 77.1 Å². The van der Waals surface area contributed by atoms with Gasteiger partial charge in [-0.15, -0.1) is 0 Å². The van der Waals surface area contributed by atoms with Crippen LogP contribution in [0.2, 0.25) is 5.02 Å². The van der Waals surface area contributed by atoms with Crippen molar-refractivity contribution in [2.75, 3.05) is 24.1 Å². The molecule has 0 aliphatic heterocycles. The third kappa shape index (κ3) is 6.81. The lowest BCUT2D eigenvalue weighted by molar-refractivity contribution is 0.221. The molecule has 7 nitrogen and oxygen atoms in total. The molecule has 0 saturated heterocycles. The second-order valence-electron chi connectivity index (χ2n) is 8.94. The number of aromatic nitrogens is 2. The highest BCUT2D eigenvalue weighted by Gasteiger charge is 2.22. The van der Waals surface area contributed by atoms with Crippen LogP contribution >= 0.6 is 11.6 Å². The molecule has 3 aromatic rings. The average Bonchev–Trinajstić information content (AvgIpc) is 2.85. The molecule has 184 valence electrons. The minimum absolute atomic E-state index is 0.0461. The molecule has 2 aromatic carbocycles. The van der Waals surface area contributed by atoms with Crippen molar-refractivity contribution in [3.63, 3.8) is 0 Å². The Morgan fingerprint density at radius 1 is 0.914 bits per heavy atom. The summed E-state index contributed by atoms with van der Waals surface area (Å²) in [7, 11) is 0.531. The zero-order valence-corrected chi connectivity index (χ0v) is 21.4. The number of benzene rings is 2. The first kappa shape index (κ1) is 25.2. The van der Waals surface area contributed by atoms with Crippen molar-refractivity contribution in [2.24, 2.45) is 0 Å². The van der Waals surface area contributed by atoms with Gasteiger partial charge in [-0.25, -0.2) is 18.4 Å². The summed E-state index contributed by atoms with van der Waals surface area (Å²) >= 11 is 6.03. The van der Waals surface area contributed by atoms with E-state index >= 15 is 0 Å². The van der Waals surface area contributed by atoms with Crippen molar-refractivity contribution in [3.8, 4) is 0 Å². The molecule has 35 heavy (non-hydrogen) atoms. The molecule has 1 aliphatic rings. The van der Waals surface area contributed by atoms with Crippen LogP contribution in [0.15, 0.2) is 65.8 Å². The van der Waals surface area contributed by atoms with Gasteiger partial charge in [-0.05, 0) is 69.6 Å². The van der Waals surface area contributed by atoms with E-state index < -0.39 is 10.0 Å². The van der Waals surface area contributed by atoms with E-state index in [4.69, 9.17) is 11.6 Å². The van der Waals surface area contributed by atoms with Crippen LogP contribution in [0.5, 0.6) is 0 Å². The fourth-order valence-corrected chi connectivity index (χ4v) is 5.72. The lowest BCUT2D eigenvalue weighted by Crippen LogP contribution is -2.36. The summed E-state index contributed by atoms with van der Waals surface area (Å²) in [5.74, 6) is 0.658. The Bertz CT molecular complexity index is 1250. The summed E-state index contributed by atoms with van der Waals surface area (Å²) in [6, 6.07) is 14.5. The van der Waals surface area contributed by atoms with Crippen molar-refractivity contribution in [1.82, 2.24) is 14.9 Å². The predicted molar refractivity (Wildman–Crippen MR) is 143 cm³/mol. The lowest BCUT2D eigenvalue weighted by atomic mass is 9.91. The second-order valence-corrected chi connectivity index (χ2v) is 11.0. The molecule has 9 heteroatoms. The normalized spacial score (nSPS) is 18.6. The highest BCUT2D eigenvalue weighted by atomic mass is 35.5. The summed E-state index contributed by atoms with van der Waals surface area (Å²) in [5.41, 5.74) is 2.27. The van der Waals surface area contributed by atoms with Crippen LogP contribution in [0.1, 0.15) is 36.8 Å². The van der Waals surface area contributed by atoms with E-state index in [0.717, 1.165) is 24.0 Å². The summed E-state index contributed by atoms with van der Waals surface area (Å²) < 4.78 is 27.7. The van der Waals surface area contributed by atoms with E-state index in [1.54, 1.807) is 42.7 Å². The molecule has 1 saturated carbocycles. The van der Waals surface area contributed by atoms with Gasteiger partial charge in [0, 0.05) is 35.7 Å². The van der Waals surface area contributed by atoms with Crippen LogP contribution in [0.3, 0.4) is 0 Å². The maximum atomic E-state index is 12.6. The molecule has 1 fully saturated rings. The SMILES string of the molecule is CN(C)[C@H]1CC[C@H](Nc2ncc(/C=C/c3ccc(NS(=O)(=O)c4ccccc4Cl)cc3)cn2)CC1. The van der Waals surface area contributed by atoms with Crippen LogP contribution in [-0.2, 0) is 10.0 Å². The highest BCUT2D eigenvalue weighted by molar-refractivity contribution is 7.92. The van der Waals surface area contributed by atoms with Crippen molar-refractivity contribution >= 4 is 45.4 Å². The minimum atomic E-state index is -3.76. The van der Waals surface area contributed by atoms with Gasteiger partial charge < -0.3 is 10.2 Å². The zero-order chi connectivity index (χ0) is 24.8. The molecular weight excluding hydrogens is 482 g/mol. The van der Waals surface area contributed by atoms with Gasteiger partial charge in [-0.2, -0.15) is 0 Å². The zero-order valence-electron chi connectivity index (χ0n) is 19.9. The molecule has 0 unspecified atom stereocenters. The number of anilines is 2. The number of hydrogen-bond donors (Lipinski definition) is 2. The quantitative estimate of drug-likeness (QED) is 0.422. The fraction of sp³-hybridized carbons (Fsp3) is 0.308. The van der Waals surface area contributed by atoms with Crippen LogP contribution < -0.4 is 10.0 Å². The Hall–Kier alpha value is -2.94. The van der Waals surface area contributed by atoms with Crippen LogP contribution in [0.4, 0.5) is 11.6 Å². The number of rotatable bonds is 8. The number of sulfonamides is 1. The van der Waals surface area contributed by atoms with Crippen molar-refractivity contribution < 1.29 is 8.42 Å². The summed E-state index contributed by atoms with van der Waals surface area (Å²) in [4.78, 5) is 11.3. The topological polar surface area (TPSA) is 87.2 Å². The minimum Gasteiger partial charge on any atom is -0.351 e. The van der Waals surface area contributed by atoms with Gasteiger partial charge in [0.05, 0.1) is 5.02 Å². The molecule has 0 spiro atoms. The fourth-order valence-electron chi connectivity index (χ4n) is 4.15. The van der Waals surface area contributed by atoms with Gasteiger partial charge in [0.1, 0.15) is 4.90 Å². The molecular formula is C26H30ClN5O2S. The maximum Gasteiger partial charge on any atom is 0.263 e. The number of halogens is 1. The Balaban J connectivity index is 1.32. The molecule has 1 heterocycles. The third-order valence-electron chi connectivity index (χ3n) is 6.19. The van der Waals surface area contributed by atoms with Gasteiger partial charge >= 0.3 is 0 Å². The average molecular weight is 512 g/mol. The maximum absolute atomic E-state index is 12.6. The first-order valence-corrected chi connectivity index (χ1v) is 13.5. The van der Waals surface area contributed by atoms with Crippen molar-refractivity contribution in [1.29, 1.82) is 0 Å². The van der Waals surface area contributed by atoms with E-state index in [2.05, 4.69) is 39.0 Å². The second kappa shape index (κ2) is 11.2.